The molecule has 0 aliphatic rings. The van der Waals surface area contributed by atoms with Crippen molar-refractivity contribution in [1.29, 1.82) is 0 Å². The zero-order valence-corrected chi connectivity index (χ0v) is 11.8. The highest BCUT2D eigenvalue weighted by Crippen LogP contribution is 2.27. The van der Waals surface area contributed by atoms with Gasteiger partial charge in [-0.1, -0.05) is 22.0 Å². The third-order valence-electron chi connectivity index (χ3n) is 2.41. The molecule has 0 bridgehead atoms. The van der Waals surface area contributed by atoms with Crippen LogP contribution in [0.2, 0.25) is 0 Å². The maximum Gasteiger partial charge on any atom is 0.233 e. The van der Waals surface area contributed by atoms with Crippen LogP contribution >= 0.6 is 15.9 Å². The Kier molecular flexibility index (Phi) is 5.28. The van der Waals surface area contributed by atoms with Crippen LogP contribution in [0.5, 0.6) is 11.5 Å². The second-order valence-corrected chi connectivity index (χ2v) is 4.13. The number of nitrogens with zero attached hydrogens (tertiary/aromatic N) is 1. The molecule has 0 atom stereocenters. The first-order valence-corrected chi connectivity index (χ1v) is 6.25. The molecule has 0 saturated carbocycles. The molecule has 4 nitrogen and oxygen atoms in total. The number of hydrogen-bond donors (Lipinski definition) is 0. The van der Waals surface area contributed by atoms with Gasteiger partial charge in [0, 0.05) is 13.6 Å². The summed E-state index contributed by atoms with van der Waals surface area (Å²) >= 11 is 3.14. The van der Waals surface area contributed by atoms with Gasteiger partial charge < -0.3 is 14.4 Å². The maximum atomic E-state index is 11.4. The van der Waals surface area contributed by atoms with Crippen LogP contribution in [0.15, 0.2) is 18.2 Å². The molecular weight excluding hydrogens is 286 g/mol. The van der Waals surface area contributed by atoms with Crippen molar-refractivity contribution in [2.75, 3.05) is 26.6 Å². The first kappa shape index (κ1) is 13.8. The van der Waals surface area contributed by atoms with Gasteiger partial charge in [-0.2, -0.15) is 0 Å². The first-order valence-electron chi connectivity index (χ1n) is 5.13. The summed E-state index contributed by atoms with van der Waals surface area (Å²) in [5, 5.41) is 0.330. The summed E-state index contributed by atoms with van der Waals surface area (Å²) in [5.74, 6) is 1.40. The molecule has 0 aliphatic carbocycles. The molecule has 0 N–H and O–H groups in total. The summed E-state index contributed by atoms with van der Waals surface area (Å²) in [6.45, 7) is 0.546. The van der Waals surface area contributed by atoms with Crippen molar-refractivity contribution in [2.24, 2.45) is 0 Å². The zero-order valence-electron chi connectivity index (χ0n) is 10.2. The van der Waals surface area contributed by atoms with Gasteiger partial charge in [0.1, 0.15) is 0 Å². The summed E-state index contributed by atoms with van der Waals surface area (Å²) in [7, 11) is 4.95. The van der Waals surface area contributed by atoms with Gasteiger partial charge in [0.25, 0.3) is 0 Å². The molecule has 0 radical (unpaired) electrons. The van der Waals surface area contributed by atoms with E-state index in [2.05, 4.69) is 15.9 Å². The van der Waals surface area contributed by atoms with E-state index in [0.717, 1.165) is 5.56 Å². The van der Waals surface area contributed by atoms with Gasteiger partial charge in [0.05, 0.1) is 19.5 Å². The molecule has 1 aromatic rings. The molecule has 1 aromatic carbocycles. The second-order valence-electron chi connectivity index (χ2n) is 3.57. The SMILES string of the molecule is COc1ccc(CN(C)C(=O)CBr)cc1OC. The Bertz CT molecular complexity index is 395. The van der Waals surface area contributed by atoms with Gasteiger partial charge in [-0.05, 0) is 17.7 Å². The van der Waals surface area contributed by atoms with Gasteiger partial charge in [0.15, 0.2) is 11.5 Å². The fourth-order valence-corrected chi connectivity index (χ4v) is 1.87. The summed E-state index contributed by atoms with van der Waals surface area (Å²) in [5.41, 5.74) is 0.999. The van der Waals surface area contributed by atoms with Crippen molar-refractivity contribution in [3.8, 4) is 11.5 Å². The number of carbonyl (C=O) groups is 1. The lowest BCUT2D eigenvalue weighted by atomic mass is 10.2. The fourth-order valence-electron chi connectivity index (χ4n) is 1.44. The topological polar surface area (TPSA) is 38.8 Å². The Balaban J connectivity index is 2.82. The van der Waals surface area contributed by atoms with Crippen LogP contribution in [0, 0.1) is 0 Å². The molecule has 17 heavy (non-hydrogen) atoms. The number of methoxy groups -OCH3 is 2. The van der Waals surface area contributed by atoms with E-state index < -0.39 is 0 Å². The Morgan fingerprint density at radius 1 is 1.29 bits per heavy atom. The molecule has 0 spiro atoms. The number of benzene rings is 1. The molecule has 94 valence electrons. The van der Waals surface area contributed by atoms with Crippen molar-refractivity contribution >= 4 is 21.8 Å². The van der Waals surface area contributed by atoms with Crippen LogP contribution in [0.3, 0.4) is 0 Å². The van der Waals surface area contributed by atoms with Crippen LogP contribution in [-0.4, -0.2) is 37.4 Å². The number of hydrogen-bond acceptors (Lipinski definition) is 3. The van der Waals surface area contributed by atoms with Crippen molar-refractivity contribution in [3.63, 3.8) is 0 Å². The number of alkyl halides is 1. The summed E-state index contributed by atoms with van der Waals surface area (Å²) in [4.78, 5) is 13.1. The quantitative estimate of drug-likeness (QED) is 0.782. The molecule has 5 heteroatoms. The van der Waals surface area contributed by atoms with Crippen molar-refractivity contribution in [3.05, 3.63) is 23.8 Å². The van der Waals surface area contributed by atoms with E-state index in [1.54, 1.807) is 26.2 Å². The summed E-state index contributed by atoms with van der Waals surface area (Å²) in [6.07, 6.45) is 0. The van der Waals surface area contributed by atoms with Crippen molar-refractivity contribution < 1.29 is 14.3 Å². The molecule has 1 amide bonds. The molecular formula is C12H16BrNO3. The van der Waals surface area contributed by atoms with Gasteiger partial charge in [-0.25, -0.2) is 0 Å². The highest BCUT2D eigenvalue weighted by atomic mass is 79.9. The second kappa shape index (κ2) is 6.49. The molecule has 0 unspecified atom stereocenters. The Labute approximate surface area is 110 Å². The predicted octanol–water partition coefficient (Wildman–Crippen LogP) is 2.06. The predicted molar refractivity (Wildman–Crippen MR) is 69.8 cm³/mol. The monoisotopic (exact) mass is 301 g/mol. The first-order chi connectivity index (χ1) is 8.12. The largest absolute Gasteiger partial charge is 0.493 e. The third kappa shape index (κ3) is 3.63. The lowest BCUT2D eigenvalue weighted by Crippen LogP contribution is -2.26. The van der Waals surface area contributed by atoms with E-state index in [4.69, 9.17) is 9.47 Å². The lowest BCUT2D eigenvalue weighted by molar-refractivity contribution is -0.127. The van der Waals surface area contributed by atoms with E-state index in [-0.39, 0.29) is 5.91 Å². The number of amides is 1. The Hall–Kier alpha value is -1.23. The van der Waals surface area contributed by atoms with E-state index in [9.17, 15) is 4.79 Å². The third-order valence-corrected chi connectivity index (χ3v) is 2.89. The Morgan fingerprint density at radius 2 is 1.94 bits per heavy atom. The van der Waals surface area contributed by atoms with E-state index in [0.29, 0.717) is 23.4 Å². The van der Waals surface area contributed by atoms with Crippen LogP contribution < -0.4 is 9.47 Å². The number of halogens is 1. The van der Waals surface area contributed by atoms with Gasteiger partial charge in [0.2, 0.25) is 5.91 Å². The molecule has 0 aliphatic heterocycles. The van der Waals surface area contributed by atoms with Crippen LogP contribution in [0.1, 0.15) is 5.56 Å². The van der Waals surface area contributed by atoms with Crippen LogP contribution in [0.4, 0.5) is 0 Å². The minimum absolute atomic E-state index is 0.0415. The molecule has 1 rings (SSSR count). The molecule has 0 aromatic heterocycles. The van der Waals surface area contributed by atoms with E-state index in [1.165, 1.54) is 0 Å². The summed E-state index contributed by atoms with van der Waals surface area (Å²) < 4.78 is 10.4. The van der Waals surface area contributed by atoms with Gasteiger partial charge >= 0.3 is 0 Å². The highest BCUT2D eigenvalue weighted by Gasteiger charge is 2.09. The van der Waals surface area contributed by atoms with Crippen LogP contribution in [0.25, 0.3) is 0 Å². The lowest BCUT2D eigenvalue weighted by Gasteiger charge is -2.17. The summed E-state index contributed by atoms with van der Waals surface area (Å²) in [6, 6.07) is 5.62. The molecule has 0 heterocycles. The normalized spacial score (nSPS) is 9.88. The highest BCUT2D eigenvalue weighted by molar-refractivity contribution is 9.09. The number of rotatable bonds is 5. The standard InChI is InChI=1S/C12H16BrNO3/c1-14(12(15)7-13)8-9-4-5-10(16-2)11(6-9)17-3/h4-6H,7-8H2,1-3H3. The van der Waals surface area contributed by atoms with Gasteiger partial charge in [-0.15, -0.1) is 0 Å². The van der Waals surface area contributed by atoms with E-state index in [1.807, 2.05) is 18.2 Å². The smallest absolute Gasteiger partial charge is 0.233 e. The van der Waals surface area contributed by atoms with Gasteiger partial charge in [-0.3, -0.25) is 4.79 Å². The van der Waals surface area contributed by atoms with Crippen molar-refractivity contribution in [2.45, 2.75) is 6.54 Å². The average molecular weight is 302 g/mol. The number of carbonyl (C=O) groups excluding carboxylic acids is 1. The number of ether oxygens (including phenoxy) is 2. The average Bonchev–Trinajstić information content (AvgIpc) is 2.37. The van der Waals surface area contributed by atoms with Crippen molar-refractivity contribution in [1.82, 2.24) is 4.90 Å². The maximum absolute atomic E-state index is 11.4. The minimum Gasteiger partial charge on any atom is -0.493 e. The molecule has 0 saturated heterocycles. The fraction of sp³-hybridized carbons (Fsp3) is 0.417. The van der Waals surface area contributed by atoms with E-state index >= 15 is 0 Å². The molecule has 0 fully saturated rings. The minimum atomic E-state index is 0.0415. The Morgan fingerprint density at radius 3 is 2.47 bits per heavy atom. The zero-order chi connectivity index (χ0) is 12.8. The van der Waals surface area contributed by atoms with Crippen LogP contribution in [-0.2, 0) is 11.3 Å².